The monoisotopic (exact) mass is 1160 g/mol. The topological polar surface area (TPSA) is 386 Å². The number of ketones is 1. The van der Waals surface area contributed by atoms with Gasteiger partial charge in [0.1, 0.15) is 17.5 Å². The van der Waals surface area contributed by atoms with Crippen LogP contribution in [-0.2, 0) is 49.3 Å². The number of hydrogen-bond donors (Lipinski definition) is 9. The molecule has 84 heavy (non-hydrogen) atoms. The van der Waals surface area contributed by atoms with Gasteiger partial charge in [-0.25, -0.2) is 24.6 Å². The minimum Gasteiger partial charge on any atom is -0.484 e. The fourth-order valence-electron chi connectivity index (χ4n) is 8.71. The zero-order valence-corrected chi connectivity index (χ0v) is 46.2. The first-order valence-corrected chi connectivity index (χ1v) is 27.0. The number of aromatic nitrogens is 6. The van der Waals surface area contributed by atoms with Crippen LogP contribution in [0.25, 0.3) is 33.7 Å². The molecule has 0 spiro atoms. The molecule has 3 aromatic heterocycles. The van der Waals surface area contributed by atoms with Crippen molar-refractivity contribution in [2.45, 2.75) is 25.4 Å². The number of nitrogens with zero attached hydrogens (tertiary/aromatic N) is 7. The van der Waals surface area contributed by atoms with Gasteiger partial charge in [-0.15, -0.1) is 0 Å². The van der Waals surface area contributed by atoms with Crippen molar-refractivity contribution < 1.29 is 67.0 Å². The van der Waals surface area contributed by atoms with Gasteiger partial charge in [-0.2, -0.15) is 15.1 Å². The van der Waals surface area contributed by atoms with Crippen LogP contribution in [-0.4, -0.2) is 201 Å². The van der Waals surface area contributed by atoms with Gasteiger partial charge in [0.05, 0.1) is 120 Å². The first-order chi connectivity index (χ1) is 40.8. The van der Waals surface area contributed by atoms with E-state index in [1.807, 2.05) is 11.9 Å². The number of rotatable bonds is 33. The molecule has 5 amide bonds. The average Bonchev–Trinajstić information content (AvgIpc) is 2.03. The molecule has 4 heterocycles. The van der Waals surface area contributed by atoms with E-state index in [1.54, 1.807) is 77.9 Å². The molecule has 0 unspecified atom stereocenters. The number of carboxylic acids is 1. The van der Waals surface area contributed by atoms with Crippen LogP contribution in [0.2, 0.25) is 0 Å². The van der Waals surface area contributed by atoms with Gasteiger partial charge in [0.25, 0.3) is 11.8 Å². The summed E-state index contributed by atoms with van der Waals surface area (Å²) in [4.78, 5) is 94.8. The van der Waals surface area contributed by atoms with Gasteiger partial charge < -0.3 is 75.9 Å². The molecule has 1 atom stereocenters. The number of hydrogen-bond acceptors (Lipinski definition) is 22. The normalized spacial score (nSPS) is 13.2. The van der Waals surface area contributed by atoms with E-state index < -0.39 is 23.9 Å². The lowest BCUT2D eigenvalue weighted by molar-refractivity contribution is -0.139. The van der Waals surface area contributed by atoms with Crippen LogP contribution in [0.15, 0.2) is 72.9 Å². The summed E-state index contributed by atoms with van der Waals surface area (Å²) in [5.74, 6) is -2.27. The molecule has 0 bridgehead atoms. The largest absolute Gasteiger partial charge is 0.484 e. The van der Waals surface area contributed by atoms with Gasteiger partial charge in [0.15, 0.2) is 29.4 Å². The lowest BCUT2D eigenvalue weighted by Crippen LogP contribution is -2.49. The van der Waals surface area contributed by atoms with Gasteiger partial charge in [0, 0.05) is 62.0 Å². The summed E-state index contributed by atoms with van der Waals surface area (Å²) >= 11 is 0. The minimum absolute atomic E-state index is 0.00103. The van der Waals surface area contributed by atoms with Gasteiger partial charge in [-0.05, 0) is 61.0 Å². The van der Waals surface area contributed by atoms with Crippen LogP contribution in [0.1, 0.15) is 44.8 Å². The van der Waals surface area contributed by atoms with Crippen LogP contribution in [0.5, 0.6) is 5.75 Å². The first-order valence-electron chi connectivity index (χ1n) is 27.0. The van der Waals surface area contributed by atoms with E-state index in [9.17, 15) is 33.9 Å². The number of aliphatic carboxylic acids is 1. The van der Waals surface area contributed by atoms with Crippen LogP contribution >= 0.6 is 0 Å². The molecule has 29 nitrogen and oxygen atoms in total. The van der Waals surface area contributed by atoms with Crippen molar-refractivity contribution in [1.82, 2.24) is 56.5 Å². The fourth-order valence-corrected chi connectivity index (χ4v) is 8.71. The predicted molar refractivity (Wildman–Crippen MR) is 304 cm³/mol. The van der Waals surface area contributed by atoms with Crippen molar-refractivity contribution in [2.24, 2.45) is 0 Å². The summed E-state index contributed by atoms with van der Waals surface area (Å²) in [6.45, 7) is 5.94. The third kappa shape index (κ3) is 17.5. The maximum absolute atomic E-state index is 13.8. The Morgan fingerprint density at radius 3 is 2.08 bits per heavy atom. The summed E-state index contributed by atoms with van der Waals surface area (Å²) in [6, 6.07) is 17.0. The average molecular weight is 1160 g/mol. The Balaban J connectivity index is 0.584. The second kappa shape index (κ2) is 30.9. The molecular formula is C55H67N15O14. The van der Waals surface area contributed by atoms with E-state index in [2.05, 4.69) is 56.8 Å². The number of urea groups is 1. The van der Waals surface area contributed by atoms with Crippen LogP contribution in [0.4, 0.5) is 27.9 Å². The van der Waals surface area contributed by atoms with Crippen molar-refractivity contribution in [3.8, 4) is 28.3 Å². The number of benzene rings is 3. The third-order valence-corrected chi connectivity index (χ3v) is 12.9. The highest BCUT2D eigenvalue weighted by Crippen LogP contribution is 2.43. The number of carbonyl (C=O) groups is 6. The summed E-state index contributed by atoms with van der Waals surface area (Å²) < 4.78 is 38.6. The van der Waals surface area contributed by atoms with Crippen LogP contribution in [0.3, 0.4) is 0 Å². The first kappa shape index (κ1) is 61.1. The number of fused-ring (bicyclic) bond motifs is 4. The van der Waals surface area contributed by atoms with E-state index >= 15 is 0 Å². The maximum atomic E-state index is 13.8. The highest BCUT2D eigenvalue weighted by atomic mass is 16.6. The van der Waals surface area contributed by atoms with E-state index in [0.717, 1.165) is 5.69 Å². The zero-order chi connectivity index (χ0) is 59.2. The lowest BCUT2D eigenvalue weighted by Gasteiger charge is -2.27. The van der Waals surface area contributed by atoms with Crippen molar-refractivity contribution in [1.29, 1.82) is 0 Å². The summed E-state index contributed by atoms with van der Waals surface area (Å²) in [7, 11) is 1.82. The lowest BCUT2D eigenvalue weighted by atomic mass is 10.0. The third-order valence-electron chi connectivity index (χ3n) is 12.9. The molecule has 0 saturated carbocycles. The minimum atomic E-state index is -1.29. The summed E-state index contributed by atoms with van der Waals surface area (Å²) in [6.07, 6.45) is 1.31. The Labute approximate surface area is 481 Å². The smallest absolute Gasteiger partial charge is 0.333 e. The molecule has 0 radical (unpaired) electrons. The molecule has 446 valence electrons. The number of carboxylic acid groups (broad SMARTS) is 1. The molecule has 8 rings (SSSR count). The molecular weight excluding hydrogens is 1090 g/mol. The number of nitrogens with two attached hydrogens (primary N) is 2. The van der Waals surface area contributed by atoms with Crippen molar-refractivity contribution in [3.63, 3.8) is 0 Å². The van der Waals surface area contributed by atoms with Crippen LogP contribution < -0.4 is 47.8 Å². The standard InChI is InChI=1S/C55H67N15O14/c1-69(32-36-31-60-51-48(61-36)50(56)64-54(57)65-51)37-9-5-35(6-10-37)52(74)62-41(53(75)76)13-14-42(71)58-15-19-78-23-25-81-27-29-83-30-28-82-26-24-79-20-16-59-43(72)33-84-38-11-7-34(8-12-38)46-45-47(67-66-46)39-3-2-4-40(44(39)49(45)73)63-55(77)68-70-17-21-80-22-18-70/h2-12,31,41H,13-30,32-33H2,1H3,(H,58,71)(H,59,72)(H,62,74)(H,66,67)(H,75,76)(H2,63,68,77)(H4,56,57,60,64,65)/t41-/m0/s1. The van der Waals surface area contributed by atoms with Crippen molar-refractivity contribution in [3.05, 3.63) is 95.3 Å². The van der Waals surface area contributed by atoms with E-state index in [-0.39, 0.29) is 92.9 Å². The number of aromatic amines is 1. The Morgan fingerprint density at radius 1 is 0.786 bits per heavy atom. The van der Waals surface area contributed by atoms with Gasteiger partial charge in [-0.1, -0.05) is 12.1 Å². The number of nitrogens with one attached hydrogen (secondary N) is 6. The molecule has 1 fully saturated rings. The number of amides is 5. The molecule has 6 aromatic rings. The van der Waals surface area contributed by atoms with Gasteiger partial charge in [0.2, 0.25) is 11.9 Å². The quantitative estimate of drug-likeness (QED) is 0.0264. The zero-order valence-electron chi connectivity index (χ0n) is 46.2. The molecule has 1 aliphatic heterocycles. The number of carbonyl (C=O) groups excluding carboxylic acids is 5. The second-order valence-electron chi connectivity index (χ2n) is 18.9. The molecule has 29 heteroatoms. The number of hydrazine groups is 1. The van der Waals surface area contributed by atoms with E-state index in [1.165, 1.54) is 0 Å². The number of H-pyrrole nitrogens is 1. The highest BCUT2D eigenvalue weighted by Gasteiger charge is 2.35. The molecule has 2 aliphatic rings. The molecule has 11 N–H and O–H groups in total. The summed E-state index contributed by atoms with van der Waals surface area (Å²) in [5.41, 5.74) is 20.0. The Kier molecular flexibility index (Phi) is 22.5. The van der Waals surface area contributed by atoms with Crippen molar-refractivity contribution in [2.75, 3.05) is 141 Å². The van der Waals surface area contributed by atoms with E-state index in [4.69, 9.17) is 44.6 Å². The number of morpholine rings is 1. The molecule has 1 aliphatic carbocycles. The molecule has 1 saturated heterocycles. The van der Waals surface area contributed by atoms with E-state index in [0.29, 0.717) is 135 Å². The van der Waals surface area contributed by atoms with Crippen LogP contribution in [0, 0.1) is 0 Å². The predicted octanol–water partition coefficient (Wildman–Crippen LogP) is 1.55. The van der Waals surface area contributed by atoms with Gasteiger partial charge >= 0.3 is 12.0 Å². The van der Waals surface area contributed by atoms with Gasteiger partial charge in [-0.3, -0.25) is 29.7 Å². The number of ether oxygens (including phenoxy) is 7. The Morgan fingerprint density at radius 2 is 1.43 bits per heavy atom. The highest BCUT2D eigenvalue weighted by molar-refractivity contribution is 6.27. The Bertz CT molecular complexity index is 3220. The summed E-state index contributed by atoms with van der Waals surface area (Å²) in [5, 5.41) is 29.6. The number of nitrogen functional groups attached to an aromatic ring is 2. The SMILES string of the molecule is CN(Cc1cnc2nc(N)nc(N)c2n1)c1ccc(C(=O)N[C@@H](CCC(=O)NCCOCCOCCOCCOCCOCCNC(=O)COc2ccc(-c3n[nH]c4c3C(=O)c3c(NC(=O)NN5CCOCC5)cccc3-4)cc2)C(=O)O)cc1. The van der Waals surface area contributed by atoms with Crippen molar-refractivity contribution >= 4 is 69.8 Å². The Hall–Kier alpha value is -8.97. The molecule has 3 aromatic carbocycles. The maximum Gasteiger partial charge on any atom is 0.333 e. The second-order valence-corrected chi connectivity index (χ2v) is 18.9. The fraction of sp³-hybridized carbons (Fsp3) is 0.400. The number of anilines is 4.